The highest BCUT2D eigenvalue weighted by Crippen LogP contribution is 2.29. The molecule has 1 atom stereocenters. The molecule has 0 aliphatic carbocycles. The van der Waals surface area contributed by atoms with Gasteiger partial charge in [-0.2, -0.15) is 0 Å². The van der Waals surface area contributed by atoms with Gasteiger partial charge in [0.1, 0.15) is 17.3 Å². The molecular weight excluding hydrogens is 387 g/mol. The Morgan fingerprint density at radius 3 is 2.90 bits per heavy atom. The lowest BCUT2D eigenvalue weighted by Crippen LogP contribution is -2.43. The molecule has 1 aromatic heterocycles. The molecule has 0 saturated carbocycles. The quantitative estimate of drug-likeness (QED) is 0.534. The van der Waals surface area contributed by atoms with Crippen molar-refractivity contribution in [1.82, 2.24) is 15.5 Å². The molecule has 162 valence electrons. The number of likely N-dealkylation sites (tertiary alicyclic amines) is 1. The number of benzene rings is 1. The van der Waals surface area contributed by atoms with E-state index in [9.17, 15) is 4.39 Å². The van der Waals surface area contributed by atoms with Crippen LogP contribution in [0.4, 0.5) is 4.39 Å². The summed E-state index contributed by atoms with van der Waals surface area (Å²) in [5, 5.41) is 6.72. The van der Waals surface area contributed by atoms with Gasteiger partial charge in [-0.05, 0) is 62.2 Å². The third-order valence-electron chi connectivity index (χ3n) is 5.58. The number of hydrogen-bond acceptors (Lipinski definition) is 5. The van der Waals surface area contributed by atoms with Gasteiger partial charge in [-0.3, -0.25) is 9.89 Å². The molecule has 2 aliphatic heterocycles. The van der Waals surface area contributed by atoms with Crippen molar-refractivity contribution in [1.29, 1.82) is 0 Å². The van der Waals surface area contributed by atoms with Crippen LogP contribution in [0.2, 0.25) is 0 Å². The molecule has 4 rings (SSSR count). The van der Waals surface area contributed by atoms with Crippen LogP contribution in [0.25, 0.3) is 0 Å². The number of halogens is 1. The smallest absolute Gasteiger partial charge is 0.191 e. The van der Waals surface area contributed by atoms with E-state index in [2.05, 4.69) is 20.5 Å². The monoisotopic (exact) mass is 416 g/mol. The molecule has 0 radical (unpaired) electrons. The Balaban J connectivity index is 1.32. The fraction of sp³-hybridized carbons (Fsp3) is 0.500. The highest BCUT2D eigenvalue weighted by atomic mass is 19.1. The van der Waals surface area contributed by atoms with Gasteiger partial charge in [-0.25, -0.2) is 4.39 Å². The van der Waals surface area contributed by atoms with Crippen LogP contribution in [0.1, 0.15) is 35.8 Å². The molecule has 30 heavy (non-hydrogen) atoms. The van der Waals surface area contributed by atoms with Gasteiger partial charge in [0.05, 0.1) is 18.9 Å². The first-order chi connectivity index (χ1) is 14.7. The van der Waals surface area contributed by atoms with Crippen LogP contribution in [0, 0.1) is 5.82 Å². The van der Waals surface area contributed by atoms with Crippen molar-refractivity contribution in [2.45, 2.75) is 31.9 Å². The molecular formula is C22H29FN4O3. The van der Waals surface area contributed by atoms with Crippen LogP contribution in [0.5, 0.6) is 5.75 Å². The Morgan fingerprint density at radius 2 is 2.13 bits per heavy atom. The molecule has 1 fully saturated rings. The highest BCUT2D eigenvalue weighted by Gasteiger charge is 2.25. The fourth-order valence-electron chi connectivity index (χ4n) is 4.12. The van der Waals surface area contributed by atoms with E-state index in [1.807, 2.05) is 12.1 Å². The molecule has 0 spiro atoms. The van der Waals surface area contributed by atoms with Crippen LogP contribution in [0.3, 0.4) is 0 Å². The van der Waals surface area contributed by atoms with Crippen LogP contribution < -0.4 is 15.4 Å². The molecule has 2 N–H and O–H groups in total. The van der Waals surface area contributed by atoms with Crippen LogP contribution in [0.15, 0.2) is 39.9 Å². The SMILES string of the molecule is CN=C(NCCc1cc(F)cc2c1OCOC2)NCC(c1ccco1)N1CCCC1. The van der Waals surface area contributed by atoms with Gasteiger partial charge in [0, 0.05) is 25.7 Å². The number of nitrogens with zero attached hydrogens (tertiary/aromatic N) is 2. The number of fused-ring (bicyclic) bond motifs is 1. The summed E-state index contributed by atoms with van der Waals surface area (Å²) in [6, 6.07) is 7.13. The molecule has 0 amide bonds. The van der Waals surface area contributed by atoms with E-state index in [1.165, 1.54) is 25.0 Å². The van der Waals surface area contributed by atoms with E-state index in [-0.39, 0.29) is 18.7 Å². The third-order valence-corrected chi connectivity index (χ3v) is 5.58. The summed E-state index contributed by atoms with van der Waals surface area (Å²) in [6.45, 7) is 4.03. The van der Waals surface area contributed by atoms with Crippen molar-refractivity contribution in [3.8, 4) is 5.75 Å². The highest BCUT2D eigenvalue weighted by molar-refractivity contribution is 5.79. The molecule has 1 saturated heterocycles. The van der Waals surface area contributed by atoms with Gasteiger partial charge >= 0.3 is 0 Å². The summed E-state index contributed by atoms with van der Waals surface area (Å²) in [7, 11) is 1.75. The molecule has 7 nitrogen and oxygen atoms in total. The first-order valence-corrected chi connectivity index (χ1v) is 10.5. The lowest BCUT2D eigenvalue weighted by atomic mass is 10.1. The largest absolute Gasteiger partial charge is 0.468 e. The van der Waals surface area contributed by atoms with E-state index in [0.717, 1.165) is 35.7 Å². The second-order valence-electron chi connectivity index (χ2n) is 7.57. The standard InChI is InChI=1S/C22H29FN4O3/c1-24-22(26-13-19(20-5-4-10-29-20)27-8-2-3-9-27)25-7-6-16-11-18(23)12-17-14-28-15-30-21(16)17/h4-5,10-12,19H,2-3,6-9,13-15H2,1H3,(H2,24,25,26). The molecule has 2 aliphatic rings. The molecule has 1 aromatic carbocycles. The predicted octanol–water partition coefficient (Wildman–Crippen LogP) is 2.83. The van der Waals surface area contributed by atoms with Crippen LogP contribution in [-0.4, -0.2) is 50.9 Å². The maximum absolute atomic E-state index is 13.9. The number of guanidine groups is 1. The maximum Gasteiger partial charge on any atom is 0.191 e. The Hall–Kier alpha value is -2.58. The summed E-state index contributed by atoms with van der Waals surface area (Å²) >= 11 is 0. The second-order valence-corrected chi connectivity index (χ2v) is 7.57. The topological polar surface area (TPSA) is 71.3 Å². The predicted molar refractivity (Wildman–Crippen MR) is 112 cm³/mol. The molecule has 0 bridgehead atoms. The number of hydrogen-bond donors (Lipinski definition) is 2. The zero-order valence-electron chi connectivity index (χ0n) is 17.3. The maximum atomic E-state index is 13.9. The van der Waals surface area contributed by atoms with E-state index >= 15 is 0 Å². The summed E-state index contributed by atoms with van der Waals surface area (Å²) in [6.07, 6.45) is 4.78. The zero-order valence-corrected chi connectivity index (χ0v) is 17.3. The lowest BCUT2D eigenvalue weighted by molar-refractivity contribution is -0.0172. The minimum Gasteiger partial charge on any atom is -0.468 e. The number of aliphatic imine (C=N–C) groups is 1. The van der Waals surface area contributed by atoms with E-state index in [1.54, 1.807) is 13.3 Å². The van der Waals surface area contributed by atoms with Gasteiger partial charge in [0.15, 0.2) is 12.8 Å². The first kappa shape index (κ1) is 20.7. The van der Waals surface area contributed by atoms with E-state index < -0.39 is 0 Å². The summed E-state index contributed by atoms with van der Waals surface area (Å²) < 4.78 is 30.4. The average molecular weight is 416 g/mol. The van der Waals surface area contributed by atoms with Crippen molar-refractivity contribution in [2.24, 2.45) is 4.99 Å². The van der Waals surface area contributed by atoms with Crippen molar-refractivity contribution < 1.29 is 18.3 Å². The van der Waals surface area contributed by atoms with Crippen LogP contribution >= 0.6 is 0 Å². The van der Waals surface area contributed by atoms with Gasteiger partial charge < -0.3 is 24.5 Å². The zero-order chi connectivity index (χ0) is 20.8. The first-order valence-electron chi connectivity index (χ1n) is 10.5. The number of ether oxygens (including phenoxy) is 2. The van der Waals surface area contributed by atoms with Crippen molar-refractivity contribution in [2.75, 3.05) is 40.0 Å². The average Bonchev–Trinajstić information content (AvgIpc) is 3.47. The van der Waals surface area contributed by atoms with Crippen LogP contribution in [-0.2, 0) is 17.8 Å². The van der Waals surface area contributed by atoms with Gasteiger partial charge in [0.25, 0.3) is 0 Å². The Labute approximate surface area is 176 Å². The Morgan fingerprint density at radius 1 is 1.27 bits per heavy atom. The fourth-order valence-corrected chi connectivity index (χ4v) is 4.12. The van der Waals surface area contributed by atoms with Crippen molar-refractivity contribution in [3.63, 3.8) is 0 Å². The minimum atomic E-state index is -0.271. The van der Waals surface area contributed by atoms with E-state index in [0.29, 0.717) is 32.1 Å². The number of furan rings is 1. The van der Waals surface area contributed by atoms with Gasteiger partial charge in [-0.15, -0.1) is 0 Å². The minimum absolute atomic E-state index is 0.171. The summed E-state index contributed by atoms with van der Waals surface area (Å²) in [4.78, 5) is 6.77. The molecule has 8 heteroatoms. The van der Waals surface area contributed by atoms with Crippen molar-refractivity contribution >= 4 is 5.96 Å². The Kier molecular flexibility index (Phi) is 6.86. The van der Waals surface area contributed by atoms with Crippen molar-refractivity contribution in [3.05, 3.63) is 53.2 Å². The summed E-state index contributed by atoms with van der Waals surface area (Å²) in [5.74, 6) is 2.14. The normalized spacial score (nSPS) is 18.0. The van der Waals surface area contributed by atoms with E-state index in [4.69, 9.17) is 13.9 Å². The Bertz CT molecular complexity index is 850. The van der Waals surface area contributed by atoms with Gasteiger partial charge in [0.2, 0.25) is 0 Å². The molecule has 1 unspecified atom stereocenters. The summed E-state index contributed by atoms with van der Waals surface area (Å²) in [5.41, 5.74) is 1.59. The third kappa shape index (κ3) is 4.94. The molecule has 2 aromatic rings. The molecule has 3 heterocycles. The number of nitrogens with one attached hydrogen (secondary N) is 2. The lowest BCUT2D eigenvalue weighted by Gasteiger charge is -2.26. The number of rotatable bonds is 7. The second kappa shape index (κ2) is 9.95. The van der Waals surface area contributed by atoms with Gasteiger partial charge in [-0.1, -0.05) is 0 Å².